The number of esters is 2. The number of rotatable bonds is 5. The van der Waals surface area contributed by atoms with Crippen molar-refractivity contribution in [1.82, 2.24) is 0 Å². The number of allylic oxidation sites excluding steroid dienone is 4. The zero-order chi connectivity index (χ0) is 33.5. The Labute approximate surface area is 276 Å². The lowest BCUT2D eigenvalue weighted by Gasteiger charge is -2.59. The van der Waals surface area contributed by atoms with Gasteiger partial charge < -0.3 is 19.7 Å². The summed E-state index contributed by atoms with van der Waals surface area (Å²) in [6.45, 7) is 20.9. The van der Waals surface area contributed by atoms with Crippen molar-refractivity contribution < 1.29 is 29.3 Å². The molecule has 8 atom stereocenters. The molecule has 6 rings (SSSR count). The Kier molecular flexibility index (Phi) is 9.84. The minimum Gasteiger partial charge on any atom is -0.458 e. The van der Waals surface area contributed by atoms with E-state index in [2.05, 4.69) is 53.0 Å². The van der Waals surface area contributed by atoms with E-state index in [0.717, 1.165) is 31.6 Å². The Balaban J connectivity index is 0.000000182. The molecular weight excluding hydrogens is 576 g/mol. The second-order valence-corrected chi connectivity index (χ2v) is 16.3. The summed E-state index contributed by atoms with van der Waals surface area (Å²) in [6, 6.07) is 0. The van der Waals surface area contributed by atoms with Crippen molar-refractivity contribution in [3.63, 3.8) is 0 Å². The van der Waals surface area contributed by atoms with Crippen LogP contribution in [0.3, 0.4) is 0 Å². The van der Waals surface area contributed by atoms with E-state index < -0.39 is 11.5 Å². The van der Waals surface area contributed by atoms with Gasteiger partial charge in [0, 0.05) is 17.3 Å². The molecule has 0 aromatic rings. The standard InChI is InChI=1S/C20H28O4.C20H28O2/c1-13-4-7-16-19(2,10-8-17(22)20(16,3)12-21)15(13)6-5-14-9-11-24-18(14)23;1-14-6-9-17-19(2,3)11-5-12-20(17,4)16(14)8-7-15-10-13-22-18(15)21/h5-6,9,15-17,21-22H,1,4,7-8,10-12H2,2-3H3;7-8,10,16-17H,1,5-6,9,11-13H2,2-4H3/b6-5+;8-7+/t15?,16?,17-,19-,20+;16?,17?,20-/m11/s1. The van der Waals surface area contributed by atoms with E-state index in [1.54, 1.807) is 6.08 Å². The molecular formula is C40H56O6. The highest BCUT2D eigenvalue weighted by Gasteiger charge is 2.57. The quantitative estimate of drug-likeness (QED) is 0.240. The predicted octanol–water partition coefficient (Wildman–Crippen LogP) is 7.59. The summed E-state index contributed by atoms with van der Waals surface area (Å²) in [5.74, 6) is 1.02. The van der Waals surface area contributed by atoms with Crippen LogP contribution in [0.2, 0.25) is 0 Å². The molecule has 0 radical (unpaired) electrons. The minimum absolute atomic E-state index is 0.00515. The number of carbonyl (C=O) groups is 2. The van der Waals surface area contributed by atoms with Gasteiger partial charge in [-0.15, -0.1) is 0 Å². The molecule has 0 aromatic heterocycles. The lowest BCUT2D eigenvalue weighted by Crippen LogP contribution is -2.57. The Bertz CT molecular complexity index is 1360. The number of fused-ring (bicyclic) bond motifs is 2. The average Bonchev–Trinajstić information content (AvgIpc) is 3.61. The van der Waals surface area contributed by atoms with Crippen LogP contribution < -0.4 is 0 Å². The highest BCUT2D eigenvalue weighted by Crippen LogP contribution is 2.62. The van der Waals surface area contributed by atoms with Crippen LogP contribution in [-0.2, 0) is 19.1 Å². The van der Waals surface area contributed by atoms with Gasteiger partial charge in [-0.1, -0.05) is 89.6 Å². The maximum absolute atomic E-state index is 11.7. The summed E-state index contributed by atoms with van der Waals surface area (Å²) in [4.78, 5) is 23.3. The van der Waals surface area contributed by atoms with Crippen molar-refractivity contribution in [2.24, 2.45) is 45.3 Å². The average molecular weight is 633 g/mol. The zero-order valence-corrected chi connectivity index (χ0v) is 28.8. The Morgan fingerprint density at radius 1 is 0.783 bits per heavy atom. The third-order valence-corrected chi connectivity index (χ3v) is 13.2. The molecule has 46 heavy (non-hydrogen) atoms. The fourth-order valence-corrected chi connectivity index (χ4v) is 10.5. The predicted molar refractivity (Wildman–Crippen MR) is 181 cm³/mol. The fraction of sp³-hybridized carbons (Fsp3) is 0.650. The van der Waals surface area contributed by atoms with Gasteiger partial charge in [0.15, 0.2) is 0 Å². The van der Waals surface area contributed by atoms with Crippen LogP contribution >= 0.6 is 0 Å². The van der Waals surface area contributed by atoms with Crippen molar-refractivity contribution in [2.75, 3.05) is 19.8 Å². The van der Waals surface area contributed by atoms with Crippen LogP contribution in [0.15, 0.2) is 71.9 Å². The van der Waals surface area contributed by atoms with Crippen LogP contribution in [-0.4, -0.2) is 48.1 Å². The molecule has 2 N–H and O–H groups in total. The van der Waals surface area contributed by atoms with Gasteiger partial charge in [0.25, 0.3) is 0 Å². The summed E-state index contributed by atoms with van der Waals surface area (Å²) < 4.78 is 9.95. The molecule has 4 unspecified atom stereocenters. The van der Waals surface area contributed by atoms with Crippen molar-refractivity contribution in [3.8, 4) is 0 Å². The lowest BCUT2D eigenvalue weighted by atomic mass is 9.46. The second kappa shape index (κ2) is 13.1. The molecule has 4 saturated carbocycles. The highest BCUT2D eigenvalue weighted by molar-refractivity contribution is 5.93. The number of hydrogen-bond acceptors (Lipinski definition) is 6. The number of hydrogen-bond donors (Lipinski definition) is 2. The SMILES string of the molecule is C=C1CCC2C(C)(C)CCC[C@]2(C)C1/C=C/C1=CCOC1=O.C=C1CCC2[C@](C)(CC[C@@H](O)[C@@]2(C)CO)C1/C=C/C1=CCOC1=O. The van der Waals surface area contributed by atoms with Gasteiger partial charge in [-0.25, -0.2) is 9.59 Å². The molecule has 0 amide bonds. The largest absolute Gasteiger partial charge is 0.458 e. The van der Waals surface area contributed by atoms with E-state index in [9.17, 15) is 19.8 Å². The van der Waals surface area contributed by atoms with Crippen LogP contribution in [0.1, 0.15) is 92.4 Å². The van der Waals surface area contributed by atoms with E-state index >= 15 is 0 Å². The third kappa shape index (κ3) is 6.17. The third-order valence-electron chi connectivity index (χ3n) is 13.2. The molecule has 0 aromatic carbocycles. The summed E-state index contributed by atoms with van der Waals surface area (Å²) in [6.07, 6.45) is 21.0. The van der Waals surface area contributed by atoms with Gasteiger partial charge in [0.05, 0.1) is 23.9 Å². The summed E-state index contributed by atoms with van der Waals surface area (Å²) in [5.41, 5.74) is 3.95. The van der Waals surface area contributed by atoms with Gasteiger partial charge >= 0.3 is 11.9 Å². The van der Waals surface area contributed by atoms with Gasteiger partial charge in [-0.3, -0.25) is 0 Å². The maximum Gasteiger partial charge on any atom is 0.338 e. The summed E-state index contributed by atoms with van der Waals surface area (Å²) >= 11 is 0. The van der Waals surface area contributed by atoms with Gasteiger partial charge in [-0.2, -0.15) is 0 Å². The van der Waals surface area contributed by atoms with Gasteiger partial charge in [0.2, 0.25) is 0 Å². The molecule has 6 heteroatoms. The van der Waals surface area contributed by atoms with Crippen LogP contribution in [0, 0.1) is 45.3 Å². The Hall–Kier alpha value is -2.70. The molecule has 0 spiro atoms. The number of cyclic esters (lactones) is 2. The Morgan fingerprint density at radius 2 is 1.28 bits per heavy atom. The van der Waals surface area contributed by atoms with Crippen molar-refractivity contribution in [2.45, 2.75) is 98.5 Å². The van der Waals surface area contributed by atoms with Crippen molar-refractivity contribution >= 4 is 11.9 Å². The van der Waals surface area contributed by atoms with E-state index in [-0.39, 0.29) is 41.2 Å². The molecule has 6 nitrogen and oxygen atoms in total. The maximum atomic E-state index is 11.7. The number of aliphatic hydroxyl groups excluding tert-OH is 2. The van der Waals surface area contributed by atoms with Gasteiger partial charge in [-0.05, 0) is 91.6 Å². The first kappa shape index (κ1) is 34.6. The Morgan fingerprint density at radius 3 is 1.76 bits per heavy atom. The molecule has 4 aliphatic carbocycles. The molecule has 2 heterocycles. The smallest absolute Gasteiger partial charge is 0.338 e. The first-order valence-electron chi connectivity index (χ1n) is 17.4. The van der Waals surface area contributed by atoms with Gasteiger partial charge in [0.1, 0.15) is 13.2 Å². The molecule has 6 aliphatic rings. The summed E-state index contributed by atoms with van der Waals surface area (Å²) in [5, 5.41) is 20.5. The fourth-order valence-electron chi connectivity index (χ4n) is 10.5. The first-order chi connectivity index (χ1) is 21.7. The molecule has 4 fully saturated rings. The molecule has 0 saturated heterocycles. The van der Waals surface area contributed by atoms with E-state index in [4.69, 9.17) is 9.47 Å². The summed E-state index contributed by atoms with van der Waals surface area (Å²) in [7, 11) is 0. The minimum atomic E-state index is -0.481. The molecule has 0 bridgehead atoms. The second-order valence-electron chi connectivity index (χ2n) is 16.3. The van der Waals surface area contributed by atoms with Crippen LogP contribution in [0.4, 0.5) is 0 Å². The monoisotopic (exact) mass is 632 g/mol. The topological polar surface area (TPSA) is 93.1 Å². The number of aliphatic hydroxyl groups is 2. The zero-order valence-electron chi connectivity index (χ0n) is 28.8. The van der Waals surface area contributed by atoms with E-state index in [1.165, 1.54) is 36.8 Å². The van der Waals surface area contributed by atoms with Crippen LogP contribution in [0.25, 0.3) is 0 Å². The van der Waals surface area contributed by atoms with Crippen molar-refractivity contribution in [3.05, 3.63) is 71.9 Å². The van der Waals surface area contributed by atoms with Crippen LogP contribution in [0.5, 0.6) is 0 Å². The van der Waals surface area contributed by atoms with Crippen molar-refractivity contribution in [1.29, 1.82) is 0 Å². The molecule has 2 aliphatic heterocycles. The van der Waals surface area contributed by atoms with E-state index in [1.807, 2.05) is 25.2 Å². The number of carbonyl (C=O) groups excluding carboxylic acids is 2. The normalized spacial score (nSPS) is 40.5. The highest BCUT2D eigenvalue weighted by atomic mass is 16.5. The number of ether oxygens (including phenoxy) is 2. The molecule has 252 valence electrons. The lowest BCUT2D eigenvalue weighted by molar-refractivity contribution is -0.145. The first-order valence-corrected chi connectivity index (χ1v) is 17.4. The van der Waals surface area contributed by atoms with E-state index in [0.29, 0.717) is 42.1 Å².